The number of benzene rings is 1. The van der Waals surface area contributed by atoms with Crippen LogP contribution in [0.4, 0.5) is 0 Å². The molecule has 0 spiro atoms. The van der Waals surface area contributed by atoms with Crippen LogP contribution in [0.25, 0.3) is 11.3 Å². The highest BCUT2D eigenvalue weighted by Crippen LogP contribution is 2.26. The lowest BCUT2D eigenvalue weighted by molar-refractivity contribution is -0.0134. The summed E-state index contributed by atoms with van der Waals surface area (Å²) in [6.07, 6.45) is 6.04. The van der Waals surface area contributed by atoms with Crippen molar-refractivity contribution in [1.29, 1.82) is 5.26 Å². The number of nitrogens with zero attached hydrogens (tertiary/aromatic N) is 3. The number of ether oxygens (including phenoxy) is 1. The van der Waals surface area contributed by atoms with Crippen molar-refractivity contribution in [2.75, 3.05) is 13.1 Å². The summed E-state index contributed by atoms with van der Waals surface area (Å²) in [7, 11) is 0. The van der Waals surface area contributed by atoms with Gasteiger partial charge >= 0.3 is 0 Å². The molecule has 28 heavy (non-hydrogen) atoms. The molecular weight excluding hydrogens is 350 g/mol. The minimum atomic E-state index is 0.225. The maximum atomic E-state index is 9.29. The summed E-state index contributed by atoms with van der Waals surface area (Å²) in [6.45, 7) is 3.28. The Morgan fingerprint density at radius 3 is 2.96 bits per heavy atom. The Hall–Kier alpha value is -2.94. The van der Waals surface area contributed by atoms with Gasteiger partial charge < -0.3 is 9.15 Å². The standard InChI is InChI=1S/C23H23N3O2/c24-13-19-6-1-2-8-22(19)23-10-9-21(28-23)16-26-12-4-7-20(15-26)27-17-18-5-3-11-25-14-18/h1-3,5-6,8-11,14,20H,4,7,12,15-17H2/t20-/m1/s1. The van der Waals surface area contributed by atoms with E-state index in [1.807, 2.05) is 54.7 Å². The molecule has 1 aliphatic rings. The number of rotatable bonds is 6. The van der Waals surface area contributed by atoms with Gasteiger partial charge in [0.15, 0.2) is 0 Å². The van der Waals surface area contributed by atoms with Crippen molar-refractivity contribution in [2.24, 2.45) is 0 Å². The van der Waals surface area contributed by atoms with Crippen LogP contribution in [0.1, 0.15) is 29.7 Å². The first-order valence-corrected chi connectivity index (χ1v) is 9.63. The lowest BCUT2D eigenvalue weighted by Crippen LogP contribution is -2.39. The average molecular weight is 373 g/mol. The van der Waals surface area contributed by atoms with Crippen LogP contribution in [0.15, 0.2) is 65.3 Å². The predicted octanol–water partition coefficient (Wildman–Crippen LogP) is 4.39. The molecule has 5 nitrogen and oxygen atoms in total. The molecule has 1 fully saturated rings. The fourth-order valence-electron chi connectivity index (χ4n) is 3.61. The molecule has 0 aliphatic carbocycles. The highest BCUT2D eigenvalue weighted by Gasteiger charge is 2.21. The molecule has 4 rings (SSSR count). The fourth-order valence-corrected chi connectivity index (χ4v) is 3.61. The van der Waals surface area contributed by atoms with Crippen LogP contribution in [0.3, 0.4) is 0 Å². The molecule has 5 heteroatoms. The predicted molar refractivity (Wildman–Crippen MR) is 106 cm³/mol. The van der Waals surface area contributed by atoms with Gasteiger partial charge in [-0.3, -0.25) is 9.88 Å². The number of likely N-dealkylation sites (tertiary alicyclic amines) is 1. The smallest absolute Gasteiger partial charge is 0.135 e. The van der Waals surface area contributed by atoms with Crippen molar-refractivity contribution in [3.8, 4) is 17.4 Å². The molecule has 0 radical (unpaired) electrons. The fraction of sp³-hybridized carbons (Fsp3) is 0.304. The third kappa shape index (κ3) is 4.48. The Bertz CT molecular complexity index is 946. The van der Waals surface area contributed by atoms with Crippen molar-refractivity contribution in [3.63, 3.8) is 0 Å². The van der Waals surface area contributed by atoms with Gasteiger partial charge in [-0.05, 0) is 55.3 Å². The molecule has 2 aromatic heterocycles. The van der Waals surface area contributed by atoms with E-state index in [1.54, 1.807) is 6.20 Å². The number of pyridine rings is 1. The van der Waals surface area contributed by atoms with E-state index in [-0.39, 0.29) is 6.10 Å². The van der Waals surface area contributed by atoms with E-state index < -0.39 is 0 Å². The van der Waals surface area contributed by atoms with Crippen LogP contribution in [0.2, 0.25) is 0 Å². The summed E-state index contributed by atoms with van der Waals surface area (Å²) >= 11 is 0. The topological polar surface area (TPSA) is 62.3 Å². The third-order valence-electron chi connectivity index (χ3n) is 5.02. The first kappa shape index (κ1) is 18.4. The van der Waals surface area contributed by atoms with Gasteiger partial charge in [-0.2, -0.15) is 5.26 Å². The average Bonchev–Trinajstić information content (AvgIpc) is 3.21. The molecule has 0 bridgehead atoms. The lowest BCUT2D eigenvalue weighted by Gasteiger charge is -2.32. The van der Waals surface area contributed by atoms with Crippen LogP contribution in [0.5, 0.6) is 0 Å². The zero-order valence-corrected chi connectivity index (χ0v) is 15.8. The van der Waals surface area contributed by atoms with Gasteiger partial charge in [0.1, 0.15) is 11.5 Å². The number of hydrogen-bond donors (Lipinski definition) is 0. The minimum absolute atomic E-state index is 0.225. The van der Waals surface area contributed by atoms with Gasteiger partial charge in [0.2, 0.25) is 0 Å². The van der Waals surface area contributed by atoms with Crippen molar-refractivity contribution in [3.05, 3.63) is 77.8 Å². The molecule has 3 aromatic rings. The molecule has 1 saturated heterocycles. The van der Waals surface area contributed by atoms with E-state index >= 15 is 0 Å². The van der Waals surface area contributed by atoms with E-state index in [0.717, 1.165) is 55.1 Å². The van der Waals surface area contributed by atoms with Gasteiger partial charge in [-0.1, -0.05) is 18.2 Å². The summed E-state index contributed by atoms with van der Waals surface area (Å²) in [6, 6.07) is 17.7. The zero-order chi connectivity index (χ0) is 19.2. The Morgan fingerprint density at radius 2 is 2.11 bits per heavy atom. The van der Waals surface area contributed by atoms with E-state index in [9.17, 15) is 5.26 Å². The molecule has 1 aromatic carbocycles. The number of furan rings is 1. The van der Waals surface area contributed by atoms with Crippen LogP contribution >= 0.6 is 0 Å². The van der Waals surface area contributed by atoms with E-state index in [0.29, 0.717) is 12.2 Å². The second-order valence-electron chi connectivity index (χ2n) is 7.09. The van der Waals surface area contributed by atoms with Crippen LogP contribution in [-0.4, -0.2) is 29.1 Å². The molecule has 0 N–H and O–H groups in total. The van der Waals surface area contributed by atoms with Crippen molar-refractivity contribution in [1.82, 2.24) is 9.88 Å². The van der Waals surface area contributed by atoms with Crippen molar-refractivity contribution < 1.29 is 9.15 Å². The Labute approximate surface area is 165 Å². The van der Waals surface area contributed by atoms with Gasteiger partial charge in [0.25, 0.3) is 0 Å². The Kier molecular flexibility index (Phi) is 5.81. The van der Waals surface area contributed by atoms with Gasteiger partial charge in [-0.25, -0.2) is 0 Å². The number of nitriles is 1. The normalized spacial score (nSPS) is 17.3. The molecule has 3 heterocycles. The SMILES string of the molecule is N#Cc1ccccc1-c1ccc(CN2CCC[C@@H](OCc3cccnc3)C2)o1. The molecule has 142 valence electrons. The molecule has 0 unspecified atom stereocenters. The monoisotopic (exact) mass is 373 g/mol. The van der Waals surface area contributed by atoms with Crippen LogP contribution in [0, 0.1) is 11.3 Å². The highest BCUT2D eigenvalue weighted by atomic mass is 16.5. The molecule has 0 amide bonds. The number of aromatic nitrogens is 1. The van der Waals surface area contributed by atoms with Crippen LogP contribution in [-0.2, 0) is 17.9 Å². The summed E-state index contributed by atoms with van der Waals surface area (Å²) in [4.78, 5) is 6.51. The Morgan fingerprint density at radius 1 is 1.18 bits per heavy atom. The number of piperidine rings is 1. The summed E-state index contributed by atoms with van der Waals surface area (Å²) < 4.78 is 12.1. The minimum Gasteiger partial charge on any atom is -0.460 e. The zero-order valence-electron chi connectivity index (χ0n) is 15.8. The lowest BCUT2D eigenvalue weighted by atomic mass is 10.1. The molecule has 0 saturated carbocycles. The van der Waals surface area contributed by atoms with E-state index in [4.69, 9.17) is 9.15 Å². The highest BCUT2D eigenvalue weighted by molar-refractivity contribution is 5.66. The molecular formula is C23H23N3O2. The third-order valence-corrected chi connectivity index (χ3v) is 5.02. The first-order valence-electron chi connectivity index (χ1n) is 9.63. The summed E-state index contributed by atoms with van der Waals surface area (Å²) in [5.74, 6) is 1.66. The van der Waals surface area contributed by atoms with Crippen molar-refractivity contribution >= 4 is 0 Å². The van der Waals surface area contributed by atoms with Gasteiger partial charge in [0.05, 0.1) is 30.9 Å². The van der Waals surface area contributed by atoms with Crippen molar-refractivity contribution in [2.45, 2.75) is 32.1 Å². The molecule has 1 aliphatic heterocycles. The Balaban J connectivity index is 1.35. The van der Waals surface area contributed by atoms with Crippen LogP contribution < -0.4 is 0 Å². The summed E-state index contributed by atoms with van der Waals surface area (Å²) in [5, 5.41) is 9.29. The first-order chi connectivity index (χ1) is 13.8. The molecule has 1 atom stereocenters. The van der Waals surface area contributed by atoms with E-state index in [1.165, 1.54) is 0 Å². The quantitative estimate of drug-likeness (QED) is 0.641. The largest absolute Gasteiger partial charge is 0.460 e. The second-order valence-corrected chi connectivity index (χ2v) is 7.09. The maximum absolute atomic E-state index is 9.29. The number of hydrogen-bond acceptors (Lipinski definition) is 5. The van der Waals surface area contributed by atoms with E-state index in [2.05, 4.69) is 16.0 Å². The summed E-state index contributed by atoms with van der Waals surface area (Å²) in [5.41, 5.74) is 2.57. The van der Waals surface area contributed by atoms with Gasteiger partial charge in [0, 0.05) is 24.5 Å². The van der Waals surface area contributed by atoms with Gasteiger partial charge in [-0.15, -0.1) is 0 Å². The second kappa shape index (κ2) is 8.83. The maximum Gasteiger partial charge on any atom is 0.135 e.